The smallest absolute Gasteiger partial charge is 0.297 e. The van der Waals surface area contributed by atoms with Crippen molar-refractivity contribution in [2.45, 2.75) is 11.8 Å². The number of nitro benzene ring substituents is 1. The molecule has 0 amide bonds. The molecule has 0 atom stereocenters. The Kier molecular flexibility index (Phi) is 4.90. The second-order valence-corrected chi connectivity index (χ2v) is 7.01. The summed E-state index contributed by atoms with van der Waals surface area (Å²) in [5.41, 5.74) is 6.50. The molecule has 0 radical (unpaired) electrons. The molecule has 0 aliphatic rings. The van der Waals surface area contributed by atoms with Gasteiger partial charge in [-0.25, -0.2) is 13.1 Å². The minimum absolute atomic E-state index is 0.175. The van der Waals surface area contributed by atoms with Gasteiger partial charge in [0.2, 0.25) is 0 Å². The molecule has 28 heavy (non-hydrogen) atoms. The Bertz CT molecular complexity index is 1190. The van der Waals surface area contributed by atoms with Crippen LogP contribution in [0.4, 0.5) is 22.9 Å². The molecule has 0 aliphatic carbocycles. The third-order valence-corrected chi connectivity index (χ3v) is 4.59. The Balaban J connectivity index is 2.03. The Labute approximate surface area is 159 Å². The van der Waals surface area contributed by atoms with Crippen LogP contribution < -0.4 is 5.73 Å². The summed E-state index contributed by atoms with van der Waals surface area (Å²) in [5, 5.41) is 23.2. The van der Waals surface area contributed by atoms with E-state index in [-0.39, 0.29) is 17.2 Å². The fourth-order valence-corrected chi connectivity index (χ4v) is 2.91. The van der Waals surface area contributed by atoms with Gasteiger partial charge in [-0.05, 0) is 31.2 Å². The lowest BCUT2D eigenvalue weighted by atomic mass is 10.3. The third kappa shape index (κ3) is 3.72. The molecule has 2 aromatic carbocycles. The number of nitrogen functional groups attached to an aromatic ring is 1. The van der Waals surface area contributed by atoms with E-state index in [9.17, 15) is 23.1 Å². The van der Waals surface area contributed by atoms with Crippen LogP contribution in [-0.2, 0) is 10.1 Å². The number of nitro groups is 1. The van der Waals surface area contributed by atoms with Gasteiger partial charge in [0.1, 0.15) is 10.1 Å². The van der Waals surface area contributed by atoms with E-state index in [0.717, 1.165) is 12.1 Å². The summed E-state index contributed by atoms with van der Waals surface area (Å²) in [6, 6.07) is 11.6. The number of aryl methyl sites for hydroxylation is 1. The molecule has 3 aromatic rings. The van der Waals surface area contributed by atoms with Crippen molar-refractivity contribution < 1.29 is 17.9 Å². The number of azo groups is 1. The van der Waals surface area contributed by atoms with Crippen LogP contribution in [0.2, 0.25) is 0 Å². The Hall–Kier alpha value is -3.64. The number of nitrogens with two attached hydrogens (primary N) is 1. The van der Waals surface area contributed by atoms with Crippen LogP contribution in [0.5, 0.6) is 0 Å². The van der Waals surface area contributed by atoms with Crippen LogP contribution >= 0.6 is 0 Å². The van der Waals surface area contributed by atoms with Crippen molar-refractivity contribution in [3.05, 3.63) is 64.3 Å². The van der Waals surface area contributed by atoms with Gasteiger partial charge in [-0.3, -0.25) is 10.1 Å². The van der Waals surface area contributed by atoms with Crippen LogP contribution in [-0.4, -0.2) is 27.7 Å². The molecule has 0 unspecified atom stereocenters. The summed E-state index contributed by atoms with van der Waals surface area (Å²) in [5.74, 6) is 0.175. The third-order valence-electron chi connectivity index (χ3n) is 3.75. The molecule has 0 saturated heterocycles. The summed E-state index contributed by atoms with van der Waals surface area (Å²) in [6.45, 7) is 1.64. The van der Waals surface area contributed by atoms with Crippen LogP contribution in [0, 0.1) is 17.0 Å². The molecule has 0 fully saturated rings. The average Bonchev–Trinajstić information content (AvgIpc) is 2.93. The minimum atomic E-state index is -4.84. The quantitative estimate of drug-likeness (QED) is 0.296. The lowest BCUT2D eigenvalue weighted by Crippen LogP contribution is -2.01. The SMILES string of the molecule is Cc1nn(-c2ccccc2)c(N)c1N=Nc1ccc(S(=O)(=O)[O-])cc1[N+](=O)[O-]. The van der Waals surface area contributed by atoms with E-state index < -0.39 is 25.6 Å². The van der Waals surface area contributed by atoms with Crippen molar-refractivity contribution >= 4 is 33.0 Å². The van der Waals surface area contributed by atoms with Gasteiger partial charge < -0.3 is 10.3 Å². The van der Waals surface area contributed by atoms with Crippen LogP contribution in [0.25, 0.3) is 5.69 Å². The maximum atomic E-state index is 11.2. The van der Waals surface area contributed by atoms with E-state index in [1.54, 1.807) is 19.1 Å². The molecule has 144 valence electrons. The van der Waals surface area contributed by atoms with Crippen molar-refractivity contribution in [2.24, 2.45) is 10.2 Å². The number of hydrogen-bond acceptors (Lipinski definition) is 9. The molecular weight excluding hydrogens is 388 g/mol. The van der Waals surface area contributed by atoms with E-state index in [2.05, 4.69) is 15.3 Å². The highest BCUT2D eigenvalue weighted by molar-refractivity contribution is 7.85. The zero-order chi connectivity index (χ0) is 20.5. The predicted molar refractivity (Wildman–Crippen MR) is 97.9 cm³/mol. The fourth-order valence-electron chi connectivity index (χ4n) is 2.42. The van der Waals surface area contributed by atoms with E-state index >= 15 is 0 Å². The minimum Gasteiger partial charge on any atom is -0.744 e. The van der Waals surface area contributed by atoms with Gasteiger partial charge in [-0.2, -0.15) is 5.10 Å². The number of aromatic nitrogens is 2. The molecule has 0 aliphatic heterocycles. The number of hydrogen-bond donors (Lipinski definition) is 1. The zero-order valence-corrected chi connectivity index (χ0v) is 15.2. The summed E-state index contributed by atoms with van der Waals surface area (Å²) >= 11 is 0. The van der Waals surface area contributed by atoms with Gasteiger partial charge in [-0.15, -0.1) is 10.2 Å². The van der Waals surface area contributed by atoms with Gasteiger partial charge in [-0.1, -0.05) is 18.2 Å². The first-order chi connectivity index (χ1) is 13.2. The number of para-hydroxylation sites is 1. The second-order valence-electron chi connectivity index (χ2n) is 5.63. The molecule has 1 heterocycles. The maximum absolute atomic E-state index is 11.2. The van der Waals surface area contributed by atoms with Crippen LogP contribution in [0.3, 0.4) is 0 Å². The highest BCUT2D eigenvalue weighted by Gasteiger charge is 2.18. The number of nitrogens with zero attached hydrogens (tertiary/aromatic N) is 5. The van der Waals surface area contributed by atoms with Gasteiger partial charge in [0.15, 0.2) is 17.2 Å². The summed E-state index contributed by atoms with van der Waals surface area (Å²) in [6.07, 6.45) is 0. The first-order valence-corrected chi connectivity index (χ1v) is 9.16. The molecule has 0 bridgehead atoms. The topological polar surface area (TPSA) is 169 Å². The Morgan fingerprint density at radius 3 is 2.43 bits per heavy atom. The summed E-state index contributed by atoms with van der Waals surface area (Å²) in [7, 11) is -4.84. The molecule has 3 rings (SSSR count). The zero-order valence-electron chi connectivity index (χ0n) is 14.4. The largest absolute Gasteiger partial charge is 0.744 e. The van der Waals surface area contributed by atoms with Crippen molar-refractivity contribution in [3.8, 4) is 5.69 Å². The molecule has 12 heteroatoms. The Morgan fingerprint density at radius 2 is 1.82 bits per heavy atom. The van der Waals surface area contributed by atoms with Crippen molar-refractivity contribution in [1.82, 2.24) is 9.78 Å². The van der Waals surface area contributed by atoms with E-state index in [1.165, 1.54) is 4.68 Å². The van der Waals surface area contributed by atoms with Gasteiger partial charge in [0.25, 0.3) is 5.69 Å². The van der Waals surface area contributed by atoms with Gasteiger partial charge >= 0.3 is 0 Å². The summed E-state index contributed by atoms with van der Waals surface area (Å²) < 4.78 is 34.6. The van der Waals surface area contributed by atoms with Crippen LogP contribution in [0.15, 0.2) is 63.7 Å². The highest BCUT2D eigenvalue weighted by atomic mass is 32.2. The predicted octanol–water partition coefficient (Wildman–Crippen LogP) is 2.99. The average molecular weight is 401 g/mol. The van der Waals surface area contributed by atoms with Crippen LogP contribution in [0.1, 0.15) is 5.69 Å². The first kappa shape index (κ1) is 19.1. The van der Waals surface area contributed by atoms with E-state index in [4.69, 9.17) is 5.73 Å². The van der Waals surface area contributed by atoms with Crippen molar-refractivity contribution in [1.29, 1.82) is 0 Å². The fraction of sp³-hybridized carbons (Fsp3) is 0.0625. The molecule has 0 saturated carbocycles. The van der Waals surface area contributed by atoms with Crippen molar-refractivity contribution in [3.63, 3.8) is 0 Å². The monoisotopic (exact) mass is 401 g/mol. The summed E-state index contributed by atoms with van der Waals surface area (Å²) in [4.78, 5) is 9.62. The lowest BCUT2D eigenvalue weighted by Gasteiger charge is -2.06. The second kappa shape index (κ2) is 7.17. The highest BCUT2D eigenvalue weighted by Crippen LogP contribution is 2.34. The van der Waals surface area contributed by atoms with Crippen molar-refractivity contribution in [2.75, 3.05) is 5.73 Å². The Morgan fingerprint density at radius 1 is 1.14 bits per heavy atom. The van der Waals surface area contributed by atoms with E-state index in [0.29, 0.717) is 17.4 Å². The number of rotatable bonds is 5. The first-order valence-electron chi connectivity index (χ1n) is 7.75. The lowest BCUT2D eigenvalue weighted by molar-refractivity contribution is -0.384. The molecular formula is C16H13N6O5S-. The number of benzene rings is 2. The normalized spacial score (nSPS) is 11.8. The van der Waals surface area contributed by atoms with Gasteiger partial charge in [0.05, 0.1) is 21.2 Å². The molecule has 0 spiro atoms. The standard InChI is InChI=1S/C16H14N6O5S/c1-10-15(16(17)21(20-10)11-5-3-2-4-6-11)19-18-13-8-7-12(28(25,26)27)9-14(13)22(23)24/h2-9H,17H2,1H3,(H,25,26,27)/p-1. The maximum Gasteiger partial charge on any atom is 0.297 e. The van der Waals surface area contributed by atoms with Gasteiger partial charge in [0, 0.05) is 6.07 Å². The molecule has 1 aromatic heterocycles. The molecule has 11 nitrogen and oxygen atoms in total. The molecule has 2 N–H and O–H groups in total. The number of anilines is 1. The van der Waals surface area contributed by atoms with E-state index in [1.807, 2.05) is 18.2 Å².